The number of halogens is 2. The Hall–Kier alpha value is -2.09. The molecule has 6 nitrogen and oxygen atoms in total. The summed E-state index contributed by atoms with van der Waals surface area (Å²) in [5.41, 5.74) is 0.147. The Morgan fingerprint density at radius 3 is 2.19 bits per heavy atom. The Labute approximate surface area is 169 Å². The molecule has 2 N–H and O–H groups in total. The molecule has 0 saturated carbocycles. The molecule has 0 bridgehead atoms. The maximum atomic E-state index is 14.1. The van der Waals surface area contributed by atoms with Crippen LogP contribution < -0.4 is 15.4 Å². The average molecular weight is 449 g/mol. The zero-order valence-electron chi connectivity index (χ0n) is 17.2. The van der Waals surface area contributed by atoms with Crippen LogP contribution in [0.25, 0.3) is 0 Å². The maximum Gasteiger partial charge on any atom is 0.326 e. The lowest BCUT2D eigenvalue weighted by Crippen LogP contribution is -2.33. The molecule has 0 unspecified atom stereocenters. The monoisotopic (exact) mass is 448 g/mol. The first-order valence-corrected chi connectivity index (χ1v) is 9.27. The SMILES string of the molecule is CC.CC(C)C.CO/C=C/C(=O)NC(=O)Nc1cc(Br)c(OC)c(C)c1F. The van der Waals surface area contributed by atoms with Gasteiger partial charge in [0.25, 0.3) is 5.91 Å². The number of anilines is 1. The first kappa shape index (κ1) is 27.1. The highest BCUT2D eigenvalue weighted by Gasteiger charge is 2.16. The van der Waals surface area contributed by atoms with E-state index in [2.05, 4.69) is 46.8 Å². The molecule has 0 aliphatic rings. The van der Waals surface area contributed by atoms with Gasteiger partial charge in [-0.1, -0.05) is 34.6 Å². The van der Waals surface area contributed by atoms with Crippen molar-refractivity contribution in [3.63, 3.8) is 0 Å². The molecule has 0 spiro atoms. The highest BCUT2D eigenvalue weighted by Crippen LogP contribution is 2.34. The Balaban J connectivity index is 0. The number of carbonyl (C=O) groups excluding carboxylic acids is 2. The normalized spacial score (nSPS) is 9.59. The summed E-state index contributed by atoms with van der Waals surface area (Å²) in [6, 6.07) is 0.479. The highest BCUT2D eigenvalue weighted by molar-refractivity contribution is 9.10. The minimum atomic E-state index is -0.865. The van der Waals surface area contributed by atoms with Crippen LogP contribution in [0.5, 0.6) is 5.75 Å². The topological polar surface area (TPSA) is 76.7 Å². The number of urea groups is 1. The summed E-state index contributed by atoms with van der Waals surface area (Å²) < 4.78 is 24.1. The molecule has 0 atom stereocenters. The van der Waals surface area contributed by atoms with Crippen LogP contribution in [0.1, 0.15) is 40.2 Å². The van der Waals surface area contributed by atoms with Gasteiger partial charge in [-0.05, 0) is 34.8 Å². The van der Waals surface area contributed by atoms with Crippen LogP contribution in [0.2, 0.25) is 0 Å². The largest absolute Gasteiger partial charge is 0.504 e. The molecule has 3 amide bonds. The lowest BCUT2D eigenvalue weighted by Gasteiger charge is -2.13. The Bertz CT molecular complexity index is 632. The van der Waals surface area contributed by atoms with Crippen molar-refractivity contribution in [3.05, 3.63) is 34.3 Å². The van der Waals surface area contributed by atoms with Gasteiger partial charge in [0.2, 0.25) is 0 Å². The van der Waals surface area contributed by atoms with Crippen molar-refractivity contribution in [2.75, 3.05) is 19.5 Å². The van der Waals surface area contributed by atoms with E-state index in [0.717, 1.165) is 18.3 Å². The van der Waals surface area contributed by atoms with Crippen molar-refractivity contribution in [2.24, 2.45) is 5.92 Å². The fraction of sp³-hybridized carbons (Fsp3) is 0.474. The molecule has 0 radical (unpaired) electrons. The van der Waals surface area contributed by atoms with Gasteiger partial charge in [0.05, 0.1) is 30.6 Å². The van der Waals surface area contributed by atoms with Crippen LogP contribution in [0.15, 0.2) is 22.9 Å². The predicted molar refractivity (Wildman–Crippen MR) is 111 cm³/mol. The fourth-order valence-corrected chi connectivity index (χ4v) is 2.20. The smallest absolute Gasteiger partial charge is 0.326 e. The zero-order valence-corrected chi connectivity index (χ0v) is 18.8. The molecule has 27 heavy (non-hydrogen) atoms. The molecule has 0 aromatic heterocycles. The first-order chi connectivity index (χ1) is 12.6. The van der Waals surface area contributed by atoms with Gasteiger partial charge in [0, 0.05) is 11.6 Å². The number of ether oxygens (including phenoxy) is 2. The number of amides is 3. The van der Waals surface area contributed by atoms with E-state index in [4.69, 9.17) is 4.74 Å². The van der Waals surface area contributed by atoms with Gasteiger partial charge >= 0.3 is 6.03 Å². The summed E-state index contributed by atoms with van der Waals surface area (Å²) in [7, 11) is 2.77. The van der Waals surface area contributed by atoms with Crippen LogP contribution >= 0.6 is 15.9 Å². The van der Waals surface area contributed by atoms with E-state index in [1.165, 1.54) is 27.2 Å². The molecule has 1 aromatic carbocycles. The molecule has 0 fully saturated rings. The number of carbonyl (C=O) groups is 2. The maximum absolute atomic E-state index is 14.1. The molecule has 0 aliphatic heterocycles. The molecule has 0 aliphatic carbocycles. The van der Waals surface area contributed by atoms with Crippen molar-refractivity contribution in [1.29, 1.82) is 0 Å². The van der Waals surface area contributed by atoms with Crippen molar-refractivity contribution < 1.29 is 23.5 Å². The van der Waals surface area contributed by atoms with E-state index in [9.17, 15) is 14.0 Å². The number of rotatable bonds is 4. The van der Waals surface area contributed by atoms with Crippen molar-refractivity contribution >= 4 is 33.6 Å². The standard InChI is InChI=1S/C13H14BrFN2O4.C4H10.C2H6/c1-7-11(15)9(6-8(14)12(7)21-3)16-13(19)17-10(18)4-5-20-2;1-4(2)3;1-2/h4-6H,1-3H3,(H2,16,17,18,19);4H,1-3H3;1-2H3/b5-4+;;. The van der Waals surface area contributed by atoms with Gasteiger partial charge in [-0.2, -0.15) is 0 Å². The lowest BCUT2D eigenvalue weighted by molar-refractivity contribution is -0.115. The van der Waals surface area contributed by atoms with Gasteiger partial charge < -0.3 is 14.8 Å². The van der Waals surface area contributed by atoms with Crippen LogP contribution in [0.4, 0.5) is 14.9 Å². The molecular weight excluding hydrogens is 419 g/mol. The number of hydrogen-bond donors (Lipinski definition) is 2. The summed E-state index contributed by atoms with van der Waals surface area (Å²) in [5, 5.41) is 4.23. The summed E-state index contributed by atoms with van der Waals surface area (Å²) in [6.07, 6.45) is 2.13. The summed E-state index contributed by atoms with van der Waals surface area (Å²) in [4.78, 5) is 22.8. The Morgan fingerprint density at radius 2 is 1.74 bits per heavy atom. The molecule has 1 rings (SSSR count). The van der Waals surface area contributed by atoms with Gasteiger partial charge in [-0.3, -0.25) is 10.1 Å². The van der Waals surface area contributed by atoms with Crippen molar-refractivity contribution in [1.82, 2.24) is 5.32 Å². The third kappa shape index (κ3) is 11.3. The Kier molecular flexibility index (Phi) is 15.1. The minimum absolute atomic E-state index is 0.0822. The number of methoxy groups -OCH3 is 2. The number of nitrogens with one attached hydrogen (secondary N) is 2. The fourth-order valence-electron chi connectivity index (χ4n) is 1.51. The van der Waals surface area contributed by atoms with Crippen molar-refractivity contribution in [2.45, 2.75) is 41.5 Å². The third-order valence-electron chi connectivity index (χ3n) is 2.44. The summed E-state index contributed by atoms with van der Waals surface area (Å²) >= 11 is 3.21. The molecule has 0 heterocycles. The molecule has 1 aromatic rings. The number of hydrogen-bond acceptors (Lipinski definition) is 4. The summed E-state index contributed by atoms with van der Waals surface area (Å²) in [6.45, 7) is 12.0. The van der Waals surface area contributed by atoms with Gasteiger partial charge in [0.15, 0.2) is 5.82 Å². The Morgan fingerprint density at radius 1 is 1.22 bits per heavy atom. The van der Waals surface area contributed by atoms with Gasteiger partial charge in [-0.15, -0.1) is 0 Å². The third-order valence-corrected chi connectivity index (χ3v) is 3.03. The van der Waals surface area contributed by atoms with E-state index in [0.29, 0.717) is 10.2 Å². The molecule has 0 saturated heterocycles. The predicted octanol–water partition coefficient (Wildman–Crippen LogP) is 5.40. The quantitative estimate of drug-likeness (QED) is 0.477. The second-order valence-corrected chi connectivity index (χ2v) is 6.45. The molecule has 154 valence electrons. The molecule has 8 heteroatoms. The average Bonchev–Trinajstić information content (AvgIpc) is 2.59. The number of imide groups is 1. The summed E-state index contributed by atoms with van der Waals surface area (Å²) in [5.74, 6) is -0.179. The van der Waals surface area contributed by atoms with Crippen LogP contribution in [-0.2, 0) is 9.53 Å². The molecular formula is C19H30BrFN2O4. The van der Waals surface area contributed by atoms with E-state index < -0.39 is 17.8 Å². The first-order valence-electron chi connectivity index (χ1n) is 8.47. The minimum Gasteiger partial charge on any atom is -0.504 e. The van der Waals surface area contributed by atoms with Crippen LogP contribution in [-0.4, -0.2) is 26.2 Å². The van der Waals surface area contributed by atoms with Gasteiger partial charge in [0.1, 0.15) is 5.75 Å². The van der Waals surface area contributed by atoms with E-state index in [1.54, 1.807) is 0 Å². The van der Waals surface area contributed by atoms with E-state index >= 15 is 0 Å². The second kappa shape index (κ2) is 15.0. The van der Waals surface area contributed by atoms with E-state index in [-0.39, 0.29) is 11.3 Å². The number of benzene rings is 1. The van der Waals surface area contributed by atoms with Crippen LogP contribution in [0, 0.1) is 18.7 Å². The van der Waals surface area contributed by atoms with Crippen molar-refractivity contribution in [3.8, 4) is 5.75 Å². The van der Waals surface area contributed by atoms with E-state index in [1.807, 2.05) is 19.2 Å². The highest BCUT2D eigenvalue weighted by atomic mass is 79.9. The lowest BCUT2D eigenvalue weighted by atomic mass is 10.2. The van der Waals surface area contributed by atoms with Gasteiger partial charge in [-0.25, -0.2) is 9.18 Å². The second-order valence-electron chi connectivity index (χ2n) is 5.59. The zero-order chi connectivity index (χ0) is 21.6. The van der Waals surface area contributed by atoms with Crippen LogP contribution in [0.3, 0.4) is 0 Å².